The highest BCUT2D eigenvalue weighted by molar-refractivity contribution is 6.74. The van der Waals surface area contributed by atoms with E-state index in [1.54, 1.807) is 11.6 Å². The Balaban J connectivity index is 1.92. The van der Waals surface area contributed by atoms with Gasteiger partial charge in [-0.25, -0.2) is 0 Å². The van der Waals surface area contributed by atoms with Crippen LogP contribution in [0.3, 0.4) is 0 Å². The van der Waals surface area contributed by atoms with Crippen LogP contribution in [0.15, 0.2) is 47.6 Å². The van der Waals surface area contributed by atoms with Gasteiger partial charge < -0.3 is 8.85 Å². The molecule has 3 saturated carbocycles. The third-order valence-corrected chi connectivity index (χ3v) is 20.9. The van der Waals surface area contributed by atoms with E-state index in [0.717, 1.165) is 24.7 Å². The lowest BCUT2D eigenvalue weighted by Gasteiger charge is -2.45. The largest absolute Gasteiger partial charge is 0.413 e. The van der Waals surface area contributed by atoms with Crippen molar-refractivity contribution in [2.45, 2.75) is 149 Å². The zero-order chi connectivity index (χ0) is 31.0. The Morgan fingerprint density at radius 2 is 1.59 bits per heavy atom. The van der Waals surface area contributed by atoms with Gasteiger partial charge in [-0.1, -0.05) is 85.8 Å². The van der Waals surface area contributed by atoms with E-state index >= 15 is 0 Å². The Morgan fingerprint density at radius 1 is 0.976 bits per heavy atom. The highest BCUT2D eigenvalue weighted by atomic mass is 28.4. The molecule has 0 aromatic rings. The predicted octanol–water partition coefficient (Wildman–Crippen LogP) is 10.6. The van der Waals surface area contributed by atoms with Crippen LogP contribution in [0.4, 0.5) is 0 Å². The van der Waals surface area contributed by atoms with Crippen molar-refractivity contribution in [1.29, 1.82) is 0 Å². The number of aldehydes is 1. The Kier molecular flexibility index (Phi) is 10.5. The number of allylic oxidation sites excluding steroid dienone is 5. The second kappa shape index (κ2) is 12.5. The van der Waals surface area contributed by atoms with Crippen molar-refractivity contribution in [3.63, 3.8) is 0 Å². The number of fused-ring (bicyclic) bond motifs is 1. The molecule has 41 heavy (non-hydrogen) atoms. The number of hydrogen-bond donors (Lipinski definition) is 0. The van der Waals surface area contributed by atoms with Crippen LogP contribution >= 0.6 is 0 Å². The summed E-state index contributed by atoms with van der Waals surface area (Å²) in [6.07, 6.45) is 17.8. The summed E-state index contributed by atoms with van der Waals surface area (Å²) >= 11 is 0. The first-order valence-electron chi connectivity index (χ1n) is 16.3. The fourth-order valence-electron chi connectivity index (χ4n) is 7.26. The van der Waals surface area contributed by atoms with E-state index in [4.69, 9.17) is 8.85 Å². The molecule has 3 nitrogen and oxygen atoms in total. The summed E-state index contributed by atoms with van der Waals surface area (Å²) in [5, 5.41) is 0.322. The Morgan fingerprint density at radius 3 is 2.17 bits per heavy atom. The Bertz CT molecular complexity index is 1050. The van der Waals surface area contributed by atoms with Crippen LogP contribution in [0.1, 0.15) is 100 Å². The van der Waals surface area contributed by atoms with Gasteiger partial charge in [-0.15, -0.1) is 0 Å². The second-order valence-electron chi connectivity index (χ2n) is 16.7. The molecule has 0 spiro atoms. The third kappa shape index (κ3) is 7.56. The van der Waals surface area contributed by atoms with Crippen LogP contribution in [0, 0.1) is 23.2 Å². The molecule has 0 bridgehead atoms. The van der Waals surface area contributed by atoms with Crippen molar-refractivity contribution in [1.82, 2.24) is 0 Å². The highest BCUT2D eigenvalue weighted by Crippen LogP contribution is 2.59. The van der Waals surface area contributed by atoms with Gasteiger partial charge in [-0.3, -0.25) is 4.79 Å². The maximum atomic E-state index is 11.0. The normalized spacial score (nSPS) is 33.0. The van der Waals surface area contributed by atoms with Gasteiger partial charge in [-0.05, 0) is 115 Å². The second-order valence-corrected chi connectivity index (χ2v) is 26.3. The van der Waals surface area contributed by atoms with Gasteiger partial charge in [0.25, 0.3) is 0 Å². The van der Waals surface area contributed by atoms with Crippen LogP contribution in [0.25, 0.3) is 0 Å². The van der Waals surface area contributed by atoms with E-state index in [2.05, 4.69) is 106 Å². The minimum atomic E-state index is -1.97. The van der Waals surface area contributed by atoms with Gasteiger partial charge in [0.2, 0.25) is 0 Å². The summed E-state index contributed by atoms with van der Waals surface area (Å²) < 4.78 is 14.1. The maximum Gasteiger partial charge on any atom is 0.192 e. The Hall–Kier alpha value is -1.02. The molecule has 3 aliphatic carbocycles. The van der Waals surface area contributed by atoms with E-state index in [1.165, 1.54) is 37.7 Å². The molecule has 3 aliphatic rings. The van der Waals surface area contributed by atoms with Crippen LogP contribution < -0.4 is 0 Å². The molecule has 3 rings (SSSR count). The van der Waals surface area contributed by atoms with E-state index in [0.29, 0.717) is 23.2 Å². The van der Waals surface area contributed by atoms with Crippen LogP contribution in [-0.4, -0.2) is 35.1 Å². The summed E-state index contributed by atoms with van der Waals surface area (Å²) in [6.45, 7) is 32.9. The average molecular weight is 599 g/mol. The monoisotopic (exact) mass is 598 g/mol. The van der Waals surface area contributed by atoms with Gasteiger partial charge in [0.1, 0.15) is 6.29 Å². The lowest BCUT2D eigenvalue weighted by molar-refractivity contribution is -0.104. The standard InChI is InChI=1S/C36H62O3Si2/c1-26(16-15-23-37)31-20-21-32-28(17-14-22-36(31,32)9)18-19-29-24-30(38-40(10,11)34(3,4)5)25-33(27(29)2)39-41(12,13)35(6,7)8/h15-16,18-19,23,26,30-33H,2,14,17,20-22,24-25H2,1,3-13H3/b16-15+,28-18+,29-19+/t26-,30-,31-,32+,33+,36-/m1/s1. The van der Waals surface area contributed by atoms with Gasteiger partial charge in [-0.2, -0.15) is 0 Å². The van der Waals surface area contributed by atoms with Crippen LogP contribution in [0.5, 0.6) is 0 Å². The molecule has 0 aliphatic heterocycles. The van der Waals surface area contributed by atoms with Gasteiger partial charge in [0.15, 0.2) is 16.6 Å². The van der Waals surface area contributed by atoms with Gasteiger partial charge in [0, 0.05) is 6.42 Å². The summed E-state index contributed by atoms with van der Waals surface area (Å²) in [4.78, 5) is 11.0. The minimum Gasteiger partial charge on any atom is -0.413 e. The average Bonchev–Trinajstić information content (AvgIpc) is 3.19. The molecule has 0 N–H and O–H groups in total. The van der Waals surface area contributed by atoms with Crippen LogP contribution in [-0.2, 0) is 13.6 Å². The fourth-order valence-corrected chi connectivity index (χ4v) is 9.93. The van der Waals surface area contributed by atoms with Crippen molar-refractivity contribution in [3.05, 3.63) is 47.6 Å². The van der Waals surface area contributed by atoms with Gasteiger partial charge in [0.05, 0.1) is 12.2 Å². The molecular formula is C36H62O3Si2. The minimum absolute atomic E-state index is 0.0157. The molecule has 0 saturated heterocycles. The molecule has 0 amide bonds. The first kappa shape index (κ1) is 34.5. The van der Waals surface area contributed by atoms with Crippen molar-refractivity contribution < 1.29 is 13.6 Å². The number of rotatable bonds is 8. The third-order valence-electron chi connectivity index (χ3n) is 11.9. The zero-order valence-electron chi connectivity index (χ0n) is 28.7. The SMILES string of the molecule is C=C1/C(=C/C=C2\CCC[C@]3(C)[C@@H]([C@H](C)/C=C/C=O)CC[C@@H]23)C[C@@H](O[Si](C)(C)C(C)(C)C)C[C@@H]1O[Si](C)(C)C(C)(C)C. The summed E-state index contributed by atoms with van der Waals surface area (Å²) in [5.74, 6) is 1.70. The van der Waals surface area contributed by atoms with Crippen molar-refractivity contribution in [2.75, 3.05) is 0 Å². The summed E-state index contributed by atoms with van der Waals surface area (Å²) in [7, 11) is -3.90. The molecule has 232 valence electrons. The summed E-state index contributed by atoms with van der Waals surface area (Å²) in [5.41, 5.74) is 4.40. The molecular weight excluding hydrogens is 537 g/mol. The van der Waals surface area contributed by atoms with Crippen LogP contribution in [0.2, 0.25) is 36.3 Å². The fraction of sp³-hybridized carbons (Fsp3) is 0.750. The molecule has 0 aromatic carbocycles. The first-order chi connectivity index (χ1) is 18.7. The highest BCUT2D eigenvalue weighted by Gasteiger charge is 2.50. The quantitative estimate of drug-likeness (QED) is 0.158. The van der Waals surface area contributed by atoms with E-state index in [9.17, 15) is 4.79 Å². The molecule has 5 heteroatoms. The van der Waals surface area contributed by atoms with Gasteiger partial charge >= 0.3 is 0 Å². The van der Waals surface area contributed by atoms with E-state index in [1.807, 2.05) is 0 Å². The van der Waals surface area contributed by atoms with Crippen molar-refractivity contribution in [3.8, 4) is 0 Å². The molecule has 6 atom stereocenters. The van der Waals surface area contributed by atoms with E-state index in [-0.39, 0.29) is 22.3 Å². The lowest BCUT2D eigenvalue weighted by atomic mass is 9.61. The lowest BCUT2D eigenvalue weighted by Crippen LogP contribution is -2.49. The smallest absolute Gasteiger partial charge is 0.192 e. The number of carbonyl (C=O) groups is 1. The molecule has 3 fully saturated rings. The molecule has 0 heterocycles. The molecule has 0 aromatic heterocycles. The summed E-state index contributed by atoms with van der Waals surface area (Å²) in [6, 6.07) is 0. The van der Waals surface area contributed by atoms with Crippen molar-refractivity contribution in [2.24, 2.45) is 23.2 Å². The number of carbonyl (C=O) groups excluding carboxylic acids is 1. The number of hydrogen-bond acceptors (Lipinski definition) is 3. The maximum absolute atomic E-state index is 11.0. The van der Waals surface area contributed by atoms with E-state index < -0.39 is 16.6 Å². The molecule has 0 unspecified atom stereocenters. The Labute approximate surface area is 255 Å². The zero-order valence-corrected chi connectivity index (χ0v) is 30.7. The first-order valence-corrected chi connectivity index (χ1v) is 22.1. The van der Waals surface area contributed by atoms with Crippen molar-refractivity contribution >= 4 is 22.9 Å². The molecule has 0 radical (unpaired) electrons. The predicted molar refractivity (Wildman–Crippen MR) is 181 cm³/mol. The topological polar surface area (TPSA) is 35.5 Å².